The Bertz CT molecular complexity index is 1140. The molecule has 2 N–H and O–H groups in total. The molecule has 4 rings (SSSR count). The highest BCUT2D eigenvalue weighted by Crippen LogP contribution is 2.34. The van der Waals surface area contributed by atoms with Crippen molar-refractivity contribution in [3.63, 3.8) is 0 Å². The van der Waals surface area contributed by atoms with Gasteiger partial charge in [0.2, 0.25) is 5.91 Å². The van der Waals surface area contributed by atoms with E-state index < -0.39 is 0 Å². The number of nitrogens with zero attached hydrogens (tertiary/aromatic N) is 2. The molecule has 6 nitrogen and oxygen atoms in total. The third-order valence-electron chi connectivity index (χ3n) is 5.47. The van der Waals surface area contributed by atoms with E-state index in [9.17, 15) is 4.79 Å². The number of H-pyrrole nitrogens is 1. The zero-order valence-electron chi connectivity index (χ0n) is 17.2. The molecule has 0 radical (unpaired) electrons. The molecule has 1 atom stereocenters. The predicted molar refractivity (Wildman–Crippen MR) is 116 cm³/mol. The number of carbonyl (C=O) groups is 1. The first kappa shape index (κ1) is 19.1. The van der Waals surface area contributed by atoms with E-state index in [1.165, 1.54) is 0 Å². The fourth-order valence-corrected chi connectivity index (χ4v) is 3.47. The van der Waals surface area contributed by atoms with Crippen LogP contribution in [0.4, 0.5) is 0 Å². The molecule has 150 valence electrons. The van der Waals surface area contributed by atoms with Crippen molar-refractivity contribution in [2.24, 2.45) is 5.92 Å². The van der Waals surface area contributed by atoms with Gasteiger partial charge in [0.15, 0.2) is 0 Å². The van der Waals surface area contributed by atoms with Crippen LogP contribution < -0.4 is 10.1 Å². The summed E-state index contributed by atoms with van der Waals surface area (Å²) in [5.74, 6) is 1.17. The SMILES string of the molecule is COc1ccc2c(c1)c(-c1cc3cccnc3[nH]1)cn2CC(=O)NC(C)C(C)C. The molecule has 4 aromatic rings. The first-order valence-electron chi connectivity index (χ1n) is 9.86. The lowest BCUT2D eigenvalue weighted by atomic mass is 10.1. The monoisotopic (exact) mass is 390 g/mol. The largest absolute Gasteiger partial charge is 0.497 e. The minimum absolute atomic E-state index is 0.00350. The fraction of sp³-hybridized carbons (Fsp3) is 0.304. The zero-order chi connectivity index (χ0) is 20.5. The van der Waals surface area contributed by atoms with Gasteiger partial charge in [-0.25, -0.2) is 4.98 Å². The number of aromatic amines is 1. The molecule has 0 aliphatic rings. The topological polar surface area (TPSA) is 71.9 Å². The summed E-state index contributed by atoms with van der Waals surface area (Å²) in [7, 11) is 1.66. The number of fused-ring (bicyclic) bond motifs is 2. The fourth-order valence-electron chi connectivity index (χ4n) is 3.47. The zero-order valence-corrected chi connectivity index (χ0v) is 17.2. The number of carbonyl (C=O) groups excluding carboxylic acids is 1. The van der Waals surface area contributed by atoms with Gasteiger partial charge in [0, 0.05) is 46.0 Å². The Morgan fingerprint density at radius 1 is 1.24 bits per heavy atom. The first-order chi connectivity index (χ1) is 14.0. The third kappa shape index (κ3) is 3.70. The van der Waals surface area contributed by atoms with Crippen molar-refractivity contribution in [1.82, 2.24) is 19.9 Å². The second kappa shape index (κ2) is 7.62. The number of aromatic nitrogens is 3. The maximum atomic E-state index is 12.6. The van der Waals surface area contributed by atoms with Gasteiger partial charge in [0.25, 0.3) is 0 Å². The van der Waals surface area contributed by atoms with Crippen molar-refractivity contribution in [3.05, 3.63) is 48.8 Å². The summed E-state index contributed by atoms with van der Waals surface area (Å²) < 4.78 is 7.42. The number of benzene rings is 1. The van der Waals surface area contributed by atoms with E-state index in [-0.39, 0.29) is 18.5 Å². The quantitative estimate of drug-likeness (QED) is 0.514. The molecule has 0 spiro atoms. The lowest BCUT2D eigenvalue weighted by Crippen LogP contribution is -2.38. The van der Waals surface area contributed by atoms with Gasteiger partial charge in [-0.05, 0) is 49.2 Å². The first-order valence-corrected chi connectivity index (χ1v) is 9.86. The van der Waals surface area contributed by atoms with Crippen LogP contribution >= 0.6 is 0 Å². The molecule has 0 saturated heterocycles. The van der Waals surface area contributed by atoms with E-state index >= 15 is 0 Å². The molecule has 3 heterocycles. The van der Waals surface area contributed by atoms with E-state index in [1.54, 1.807) is 13.3 Å². The van der Waals surface area contributed by atoms with E-state index in [0.717, 1.165) is 38.9 Å². The molecule has 1 amide bonds. The molecule has 0 bridgehead atoms. The lowest BCUT2D eigenvalue weighted by molar-refractivity contribution is -0.122. The number of hydrogen-bond acceptors (Lipinski definition) is 3. The summed E-state index contributed by atoms with van der Waals surface area (Å²) in [6.45, 7) is 6.50. The van der Waals surface area contributed by atoms with Gasteiger partial charge < -0.3 is 19.6 Å². The summed E-state index contributed by atoms with van der Waals surface area (Å²) in [5, 5.41) is 5.16. The highest BCUT2D eigenvalue weighted by Gasteiger charge is 2.17. The number of rotatable bonds is 6. The molecular formula is C23H26N4O2. The van der Waals surface area contributed by atoms with Gasteiger partial charge in [-0.1, -0.05) is 13.8 Å². The van der Waals surface area contributed by atoms with E-state index in [2.05, 4.69) is 35.2 Å². The molecule has 3 aromatic heterocycles. The van der Waals surface area contributed by atoms with Crippen LogP contribution in [0.5, 0.6) is 5.75 Å². The molecular weight excluding hydrogens is 364 g/mol. The average Bonchev–Trinajstić information content (AvgIpc) is 3.28. The number of pyridine rings is 1. The number of nitrogens with one attached hydrogen (secondary N) is 2. The van der Waals surface area contributed by atoms with Gasteiger partial charge in [-0.15, -0.1) is 0 Å². The standard InChI is InChI=1S/C23H26N4O2/c1-14(2)15(3)25-22(28)13-27-12-19(18-11-17(29-4)7-8-21(18)27)20-10-16-6-5-9-24-23(16)26-20/h5-12,14-15H,13H2,1-4H3,(H,24,26)(H,25,28). The van der Waals surface area contributed by atoms with Crippen molar-refractivity contribution in [2.75, 3.05) is 7.11 Å². The van der Waals surface area contributed by atoms with Crippen LogP contribution in [0.15, 0.2) is 48.8 Å². The van der Waals surface area contributed by atoms with E-state index in [0.29, 0.717) is 5.92 Å². The number of amides is 1. The summed E-state index contributed by atoms with van der Waals surface area (Å²) in [6.07, 6.45) is 3.80. The van der Waals surface area contributed by atoms with Crippen molar-refractivity contribution < 1.29 is 9.53 Å². The van der Waals surface area contributed by atoms with Crippen LogP contribution in [0.2, 0.25) is 0 Å². The lowest BCUT2D eigenvalue weighted by Gasteiger charge is -2.17. The highest BCUT2D eigenvalue weighted by atomic mass is 16.5. The van der Waals surface area contributed by atoms with Gasteiger partial charge >= 0.3 is 0 Å². The van der Waals surface area contributed by atoms with Crippen LogP contribution in [0, 0.1) is 5.92 Å². The Labute approximate surface area is 169 Å². The summed E-state index contributed by atoms with van der Waals surface area (Å²) in [6, 6.07) is 12.1. The van der Waals surface area contributed by atoms with Gasteiger partial charge in [-0.2, -0.15) is 0 Å². The Balaban J connectivity index is 1.77. The molecule has 0 fully saturated rings. The smallest absolute Gasteiger partial charge is 0.240 e. The second-order valence-electron chi connectivity index (χ2n) is 7.78. The van der Waals surface area contributed by atoms with Crippen LogP contribution in [0.3, 0.4) is 0 Å². The molecule has 1 aromatic carbocycles. The Kier molecular flexibility index (Phi) is 5.01. The predicted octanol–water partition coefficient (Wildman–Crippen LogP) is 4.35. The average molecular weight is 390 g/mol. The summed E-state index contributed by atoms with van der Waals surface area (Å²) >= 11 is 0. The Morgan fingerprint density at radius 2 is 2.07 bits per heavy atom. The number of hydrogen-bond donors (Lipinski definition) is 2. The van der Waals surface area contributed by atoms with Crippen LogP contribution in [-0.4, -0.2) is 33.6 Å². The maximum Gasteiger partial charge on any atom is 0.240 e. The van der Waals surface area contributed by atoms with E-state index in [1.807, 2.05) is 48.0 Å². The van der Waals surface area contributed by atoms with Crippen LogP contribution in [0.25, 0.3) is 33.2 Å². The van der Waals surface area contributed by atoms with E-state index in [4.69, 9.17) is 4.74 Å². The minimum Gasteiger partial charge on any atom is -0.497 e. The molecule has 0 aliphatic carbocycles. The Hall–Kier alpha value is -3.28. The molecule has 6 heteroatoms. The maximum absolute atomic E-state index is 12.6. The van der Waals surface area contributed by atoms with Crippen LogP contribution in [0.1, 0.15) is 20.8 Å². The highest BCUT2D eigenvalue weighted by molar-refractivity contribution is 5.99. The normalized spacial score (nSPS) is 12.6. The van der Waals surface area contributed by atoms with Gasteiger partial charge in [-0.3, -0.25) is 4.79 Å². The van der Waals surface area contributed by atoms with Gasteiger partial charge in [0.05, 0.1) is 7.11 Å². The molecule has 1 unspecified atom stereocenters. The van der Waals surface area contributed by atoms with Crippen molar-refractivity contribution in [1.29, 1.82) is 0 Å². The third-order valence-corrected chi connectivity index (χ3v) is 5.47. The molecule has 0 saturated carbocycles. The Morgan fingerprint density at radius 3 is 2.79 bits per heavy atom. The molecule has 29 heavy (non-hydrogen) atoms. The van der Waals surface area contributed by atoms with Crippen molar-refractivity contribution in [3.8, 4) is 17.0 Å². The van der Waals surface area contributed by atoms with Crippen molar-refractivity contribution >= 4 is 27.8 Å². The van der Waals surface area contributed by atoms with Crippen molar-refractivity contribution in [2.45, 2.75) is 33.4 Å². The second-order valence-corrected chi connectivity index (χ2v) is 7.78. The van der Waals surface area contributed by atoms with Crippen LogP contribution in [-0.2, 0) is 11.3 Å². The van der Waals surface area contributed by atoms with Gasteiger partial charge in [0.1, 0.15) is 17.9 Å². The number of ether oxygens (including phenoxy) is 1. The summed E-state index contributed by atoms with van der Waals surface area (Å²) in [4.78, 5) is 20.4. The molecule has 0 aliphatic heterocycles. The number of methoxy groups -OCH3 is 1. The minimum atomic E-state index is 0.00350. The summed E-state index contributed by atoms with van der Waals surface area (Å²) in [5.41, 5.74) is 3.81.